The van der Waals surface area contributed by atoms with E-state index in [0.717, 1.165) is 15.7 Å². The summed E-state index contributed by atoms with van der Waals surface area (Å²) in [5, 5.41) is 8.63. The number of aliphatic hydroxyl groups excluding tert-OH is 1. The summed E-state index contributed by atoms with van der Waals surface area (Å²) in [6, 6.07) is 5.69. The molecule has 0 unspecified atom stereocenters. The summed E-state index contributed by atoms with van der Waals surface area (Å²) in [6.45, 7) is 0.168. The first-order valence-electron chi connectivity index (χ1n) is 3.39. The van der Waals surface area contributed by atoms with E-state index in [2.05, 4.69) is 15.9 Å². The second-order valence-electron chi connectivity index (χ2n) is 2.33. The molecule has 11 heavy (non-hydrogen) atoms. The van der Waals surface area contributed by atoms with E-state index in [0.29, 0.717) is 6.42 Å². The summed E-state index contributed by atoms with van der Waals surface area (Å²) in [5.41, 5.74) is 7.40. The first kappa shape index (κ1) is 8.56. The van der Waals surface area contributed by atoms with Gasteiger partial charge in [0, 0.05) is 16.8 Å². The molecule has 0 amide bonds. The van der Waals surface area contributed by atoms with Gasteiger partial charge in [0.25, 0.3) is 0 Å². The standard InChI is InChI=1S/C8H10BrNO/c9-7-2-1-6(3-4-11)5-8(7)10/h1-2,5,11H,3-4,10H2. The van der Waals surface area contributed by atoms with Crippen molar-refractivity contribution in [3.8, 4) is 0 Å². The molecule has 0 spiro atoms. The topological polar surface area (TPSA) is 46.2 Å². The Balaban J connectivity index is 2.86. The maximum absolute atomic E-state index is 8.63. The highest BCUT2D eigenvalue weighted by atomic mass is 79.9. The van der Waals surface area contributed by atoms with Crippen LogP contribution in [-0.2, 0) is 6.42 Å². The van der Waals surface area contributed by atoms with Crippen LogP contribution in [0.15, 0.2) is 22.7 Å². The van der Waals surface area contributed by atoms with Crippen LogP contribution in [0.5, 0.6) is 0 Å². The van der Waals surface area contributed by atoms with E-state index in [1.54, 1.807) is 0 Å². The van der Waals surface area contributed by atoms with Crippen molar-refractivity contribution in [3.05, 3.63) is 28.2 Å². The van der Waals surface area contributed by atoms with E-state index < -0.39 is 0 Å². The van der Waals surface area contributed by atoms with Gasteiger partial charge < -0.3 is 10.8 Å². The fraction of sp³-hybridized carbons (Fsp3) is 0.250. The molecule has 0 saturated carbocycles. The molecule has 3 N–H and O–H groups in total. The maximum atomic E-state index is 8.63. The summed E-state index contributed by atoms with van der Waals surface area (Å²) in [7, 11) is 0. The lowest BCUT2D eigenvalue weighted by atomic mass is 10.1. The smallest absolute Gasteiger partial charge is 0.0471 e. The predicted octanol–water partition coefficient (Wildman–Crippen LogP) is 1.57. The van der Waals surface area contributed by atoms with Gasteiger partial charge in [-0.1, -0.05) is 6.07 Å². The zero-order chi connectivity index (χ0) is 8.27. The van der Waals surface area contributed by atoms with Crippen LogP contribution in [0.4, 0.5) is 5.69 Å². The molecule has 1 aromatic rings. The SMILES string of the molecule is Nc1cc(CCO)ccc1Br. The van der Waals surface area contributed by atoms with E-state index in [-0.39, 0.29) is 6.61 Å². The molecule has 3 heteroatoms. The number of hydrogen-bond donors (Lipinski definition) is 2. The fourth-order valence-corrected chi connectivity index (χ4v) is 1.12. The normalized spacial score (nSPS) is 10.0. The molecule has 0 aromatic heterocycles. The molecular formula is C8H10BrNO. The number of rotatable bonds is 2. The molecule has 0 heterocycles. The van der Waals surface area contributed by atoms with Crippen LogP contribution >= 0.6 is 15.9 Å². The highest BCUT2D eigenvalue weighted by molar-refractivity contribution is 9.10. The van der Waals surface area contributed by atoms with Crippen LogP contribution in [-0.4, -0.2) is 11.7 Å². The molecule has 0 aliphatic rings. The Morgan fingerprint density at radius 3 is 2.73 bits per heavy atom. The minimum atomic E-state index is 0.168. The number of halogens is 1. The van der Waals surface area contributed by atoms with Gasteiger partial charge in [-0.2, -0.15) is 0 Å². The van der Waals surface area contributed by atoms with Crippen LogP contribution < -0.4 is 5.73 Å². The second-order valence-corrected chi connectivity index (χ2v) is 3.18. The monoisotopic (exact) mass is 215 g/mol. The van der Waals surface area contributed by atoms with Crippen LogP contribution in [0.1, 0.15) is 5.56 Å². The van der Waals surface area contributed by atoms with Gasteiger partial charge in [-0.3, -0.25) is 0 Å². The summed E-state index contributed by atoms with van der Waals surface area (Å²) >= 11 is 3.29. The molecular weight excluding hydrogens is 206 g/mol. The van der Waals surface area contributed by atoms with E-state index in [1.807, 2.05) is 18.2 Å². The van der Waals surface area contributed by atoms with Crippen LogP contribution in [0.2, 0.25) is 0 Å². The van der Waals surface area contributed by atoms with Crippen molar-refractivity contribution in [2.45, 2.75) is 6.42 Å². The minimum absolute atomic E-state index is 0.168. The maximum Gasteiger partial charge on any atom is 0.0471 e. The van der Waals surface area contributed by atoms with Gasteiger partial charge in [0.05, 0.1) is 0 Å². The fourth-order valence-electron chi connectivity index (χ4n) is 0.878. The van der Waals surface area contributed by atoms with Crippen molar-refractivity contribution in [1.82, 2.24) is 0 Å². The van der Waals surface area contributed by atoms with Gasteiger partial charge in [0.1, 0.15) is 0 Å². The highest BCUT2D eigenvalue weighted by Crippen LogP contribution is 2.20. The molecule has 0 saturated heterocycles. The molecule has 0 aliphatic carbocycles. The number of anilines is 1. The molecule has 1 rings (SSSR count). The van der Waals surface area contributed by atoms with E-state index in [9.17, 15) is 0 Å². The molecule has 0 fully saturated rings. The third-order valence-electron chi connectivity index (χ3n) is 1.46. The zero-order valence-corrected chi connectivity index (χ0v) is 7.63. The Labute approximate surface area is 74.2 Å². The number of aliphatic hydroxyl groups is 1. The lowest BCUT2D eigenvalue weighted by Gasteiger charge is -2.01. The molecule has 2 nitrogen and oxygen atoms in total. The molecule has 0 bridgehead atoms. The quantitative estimate of drug-likeness (QED) is 0.737. The first-order chi connectivity index (χ1) is 5.24. The van der Waals surface area contributed by atoms with Gasteiger partial charge in [-0.05, 0) is 40.0 Å². The Morgan fingerprint density at radius 1 is 1.45 bits per heavy atom. The van der Waals surface area contributed by atoms with Gasteiger partial charge in [0.2, 0.25) is 0 Å². The van der Waals surface area contributed by atoms with Crippen molar-refractivity contribution < 1.29 is 5.11 Å². The highest BCUT2D eigenvalue weighted by Gasteiger charge is 1.96. The van der Waals surface area contributed by atoms with Crippen molar-refractivity contribution in [3.63, 3.8) is 0 Å². The van der Waals surface area contributed by atoms with E-state index in [1.165, 1.54) is 0 Å². The molecule has 1 aromatic carbocycles. The minimum Gasteiger partial charge on any atom is -0.398 e. The number of nitrogens with two attached hydrogens (primary N) is 1. The van der Waals surface area contributed by atoms with Crippen LogP contribution in [0.3, 0.4) is 0 Å². The predicted molar refractivity (Wildman–Crippen MR) is 49.3 cm³/mol. The second kappa shape index (κ2) is 3.74. The number of nitrogen functional groups attached to an aromatic ring is 1. The summed E-state index contributed by atoms with van der Waals surface area (Å²) in [4.78, 5) is 0. The average molecular weight is 216 g/mol. The molecule has 60 valence electrons. The molecule has 0 aliphatic heterocycles. The lowest BCUT2D eigenvalue weighted by molar-refractivity contribution is 0.299. The van der Waals surface area contributed by atoms with Gasteiger partial charge >= 0.3 is 0 Å². The molecule has 0 atom stereocenters. The number of hydrogen-bond acceptors (Lipinski definition) is 2. The van der Waals surface area contributed by atoms with Crippen molar-refractivity contribution >= 4 is 21.6 Å². The Kier molecular flexibility index (Phi) is 2.91. The lowest BCUT2D eigenvalue weighted by Crippen LogP contribution is -1.93. The average Bonchev–Trinajstić information content (AvgIpc) is 1.98. The van der Waals surface area contributed by atoms with Gasteiger partial charge in [-0.15, -0.1) is 0 Å². The van der Waals surface area contributed by atoms with Crippen molar-refractivity contribution in [2.24, 2.45) is 0 Å². The van der Waals surface area contributed by atoms with Gasteiger partial charge in [0.15, 0.2) is 0 Å². The summed E-state index contributed by atoms with van der Waals surface area (Å²) in [6.07, 6.45) is 0.664. The van der Waals surface area contributed by atoms with E-state index in [4.69, 9.17) is 10.8 Å². The Bertz CT molecular complexity index is 250. The summed E-state index contributed by atoms with van der Waals surface area (Å²) < 4.78 is 0.902. The van der Waals surface area contributed by atoms with Crippen molar-refractivity contribution in [1.29, 1.82) is 0 Å². The third kappa shape index (κ3) is 2.20. The van der Waals surface area contributed by atoms with Crippen LogP contribution in [0.25, 0.3) is 0 Å². The van der Waals surface area contributed by atoms with Crippen LogP contribution in [0, 0.1) is 0 Å². The Hall–Kier alpha value is -0.540. The Morgan fingerprint density at radius 2 is 2.18 bits per heavy atom. The molecule has 0 radical (unpaired) electrons. The first-order valence-corrected chi connectivity index (χ1v) is 4.18. The zero-order valence-electron chi connectivity index (χ0n) is 6.05. The van der Waals surface area contributed by atoms with Crippen molar-refractivity contribution in [2.75, 3.05) is 12.3 Å². The third-order valence-corrected chi connectivity index (χ3v) is 2.18. The summed E-state index contributed by atoms with van der Waals surface area (Å²) in [5.74, 6) is 0. The number of benzene rings is 1. The van der Waals surface area contributed by atoms with E-state index >= 15 is 0 Å². The van der Waals surface area contributed by atoms with Gasteiger partial charge in [-0.25, -0.2) is 0 Å². The largest absolute Gasteiger partial charge is 0.398 e.